The van der Waals surface area contributed by atoms with Gasteiger partial charge in [-0.1, -0.05) is 71.7 Å². The summed E-state index contributed by atoms with van der Waals surface area (Å²) >= 11 is 6.65. The van der Waals surface area contributed by atoms with Gasteiger partial charge in [0.25, 0.3) is 5.91 Å². The van der Waals surface area contributed by atoms with E-state index in [1.807, 2.05) is 44.3 Å². The topological polar surface area (TPSA) is 113 Å². The van der Waals surface area contributed by atoms with Gasteiger partial charge in [0.1, 0.15) is 10.8 Å². The summed E-state index contributed by atoms with van der Waals surface area (Å²) < 4.78 is 8.01. The van der Waals surface area contributed by atoms with Crippen molar-refractivity contribution >= 4 is 34.7 Å². The highest BCUT2D eigenvalue weighted by molar-refractivity contribution is 6.34. The Kier molecular flexibility index (Phi) is 8.51. The molecule has 0 radical (unpaired) electrons. The Hall–Kier alpha value is -3.07. The fourth-order valence-corrected chi connectivity index (χ4v) is 4.63. The third kappa shape index (κ3) is 5.98. The quantitative estimate of drug-likeness (QED) is 0.299. The number of H-pyrrole nitrogens is 1. The number of nitrogens with zero attached hydrogens (tertiary/aromatic N) is 3. The lowest BCUT2D eigenvalue weighted by Gasteiger charge is -2.41. The minimum absolute atomic E-state index is 0.208. The molecule has 0 spiro atoms. The Bertz CT molecular complexity index is 1300. The van der Waals surface area contributed by atoms with E-state index in [2.05, 4.69) is 53.6 Å². The first kappa shape index (κ1) is 29.5. The zero-order valence-electron chi connectivity index (χ0n) is 24.0. The summed E-state index contributed by atoms with van der Waals surface area (Å²) in [5.74, 6) is 0.648. The smallest absolute Gasteiger partial charge is 0.261 e. The maximum absolute atomic E-state index is 13.7. The molecule has 0 bridgehead atoms. The lowest BCUT2D eigenvalue weighted by atomic mass is 9.73. The number of aromatic nitrogens is 4. The van der Waals surface area contributed by atoms with E-state index in [0.29, 0.717) is 34.4 Å². The Morgan fingerprint density at radius 2 is 1.76 bits per heavy atom. The summed E-state index contributed by atoms with van der Waals surface area (Å²) in [6.07, 6.45) is 1.51. The number of fused-ring (bicyclic) bond motifs is 1. The lowest BCUT2D eigenvalue weighted by molar-refractivity contribution is -0.130. The van der Waals surface area contributed by atoms with Gasteiger partial charge in [0.15, 0.2) is 17.6 Å². The molecule has 0 saturated carbocycles. The number of carbonyl (C=O) groups is 2. The molecule has 3 N–H and O–H groups in total. The molecule has 2 heterocycles. The number of anilines is 1. The predicted octanol–water partition coefficient (Wildman–Crippen LogP) is 5.78. The van der Waals surface area contributed by atoms with Gasteiger partial charge >= 0.3 is 0 Å². The maximum atomic E-state index is 13.7. The zero-order valence-corrected chi connectivity index (χ0v) is 24.7. The molecule has 0 aliphatic heterocycles. The van der Waals surface area contributed by atoms with E-state index < -0.39 is 17.1 Å². The molecule has 10 heteroatoms. The van der Waals surface area contributed by atoms with Crippen molar-refractivity contribution in [1.29, 1.82) is 0 Å². The molecule has 3 rings (SSSR count). The molecule has 0 aliphatic rings. The predicted molar refractivity (Wildman–Crippen MR) is 151 cm³/mol. The van der Waals surface area contributed by atoms with Gasteiger partial charge in [0.05, 0.1) is 11.4 Å². The van der Waals surface area contributed by atoms with E-state index in [1.54, 1.807) is 12.1 Å². The van der Waals surface area contributed by atoms with Crippen LogP contribution in [-0.4, -0.2) is 43.3 Å². The summed E-state index contributed by atoms with van der Waals surface area (Å²) in [4.78, 5) is 25.3. The van der Waals surface area contributed by atoms with Crippen molar-refractivity contribution in [1.82, 2.24) is 25.1 Å². The molecule has 1 aromatic carbocycles. The van der Waals surface area contributed by atoms with Crippen LogP contribution in [0.25, 0.3) is 5.65 Å². The first-order valence-electron chi connectivity index (χ1n) is 13.1. The highest BCUT2D eigenvalue weighted by atomic mass is 35.5. The van der Waals surface area contributed by atoms with Crippen LogP contribution in [0.2, 0.25) is 5.02 Å². The highest BCUT2D eigenvalue weighted by Crippen LogP contribution is 2.37. The maximum Gasteiger partial charge on any atom is 0.261 e. The first-order chi connectivity index (χ1) is 17.6. The largest absolute Gasteiger partial charge is 0.478 e. The van der Waals surface area contributed by atoms with Crippen LogP contribution in [0.4, 0.5) is 5.69 Å². The number of unbranched alkanes of at least 4 members (excludes halogenated alkanes) is 1. The van der Waals surface area contributed by atoms with Crippen LogP contribution in [0, 0.1) is 0 Å². The monoisotopic (exact) mass is 544 g/mol. The molecular weight excluding hydrogens is 504 g/mol. The van der Waals surface area contributed by atoms with E-state index in [-0.39, 0.29) is 17.2 Å². The van der Waals surface area contributed by atoms with Crippen molar-refractivity contribution < 1.29 is 14.3 Å². The van der Waals surface area contributed by atoms with Crippen LogP contribution < -0.4 is 15.4 Å². The third-order valence-electron chi connectivity index (χ3n) is 7.19. The fraction of sp³-hybridized carbons (Fsp3) is 0.571. The second-order valence-electron chi connectivity index (χ2n) is 11.9. The van der Waals surface area contributed by atoms with E-state index in [9.17, 15) is 9.59 Å². The van der Waals surface area contributed by atoms with Gasteiger partial charge in [-0.3, -0.25) is 14.7 Å². The number of para-hydroxylation sites is 2. The SMILES string of the molecule is CCCCC(Oc1ccccc1NC(C)=O)C(=O)NC(C)(C)C(C)(C)c1nnc2c(Cl)c(C(C)(C)C)[nH]n12. The second-order valence-corrected chi connectivity index (χ2v) is 12.3. The molecule has 2 amide bonds. The van der Waals surface area contributed by atoms with E-state index in [4.69, 9.17) is 16.3 Å². The second kappa shape index (κ2) is 11.0. The van der Waals surface area contributed by atoms with Crippen molar-refractivity contribution in [2.24, 2.45) is 0 Å². The molecule has 0 aliphatic carbocycles. The van der Waals surface area contributed by atoms with Gasteiger partial charge in [-0.05, 0) is 38.8 Å². The Labute approximate surface area is 230 Å². The zero-order chi connectivity index (χ0) is 28.5. The van der Waals surface area contributed by atoms with Gasteiger partial charge in [-0.15, -0.1) is 10.2 Å². The molecule has 1 unspecified atom stereocenters. The van der Waals surface area contributed by atoms with Gasteiger partial charge < -0.3 is 15.4 Å². The Morgan fingerprint density at radius 1 is 1.11 bits per heavy atom. The molecule has 38 heavy (non-hydrogen) atoms. The van der Waals surface area contributed by atoms with Gasteiger partial charge in [-0.2, -0.15) is 0 Å². The molecule has 3 aromatic rings. The standard InChI is InChI=1S/C28H41ClN6O3/c1-10-11-15-20(38-19-16-13-12-14-18(19)30-17(2)36)24(37)31-28(8,9)27(6,7)25-33-32-23-21(29)22(26(3,4)5)34-35(23)25/h12-14,16,20,34H,10-11,15H2,1-9H3,(H,30,36)(H,31,37). The number of aromatic amines is 1. The van der Waals surface area contributed by atoms with E-state index in [0.717, 1.165) is 18.5 Å². The number of nitrogens with one attached hydrogen (secondary N) is 3. The van der Waals surface area contributed by atoms with Crippen molar-refractivity contribution in [3.63, 3.8) is 0 Å². The van der Waals surface area contributed by atoms with Crippen LogP contribution in [0.5, 0.6) is 5.75 Å². The minimum atomic E-state index is -0.752. The van der Waals surface area contributed by atoms with Gasteiger partial charge in [0, 0.05) is 23.3 Å². The fourth-order valence-electron chi connectivity index (χ4n) is 4.18. The average molecular weight is 545 g/mol. The van der Waals surface area contributed by atoms with Crippen molar-refractivity contribution in [3.8, 4) is 5.75 Å². The van der Waals surface area contributed by atoms with Crippen LogP contribution in [0.1, 0.15) is 93.1 Å². The molecule has 1 atom stereocenters. The van der Waals surface area contributed by atoms with Gasteiger partial charge in [0.2, 0.25) is 5.91 Å². The van der Waals surface area contributed by atoms with Crippen LogP contribution >= 0.6 is 11.6 Å². The number of halogens is 1. The number of ether oxygens (including phenoxy) is 1. The third-order valence-corrected chi connectivity index (χ3v) is 7.55. The normalized spacial score (nSPS) is 13.4. The van der Waals surface area contributed by atoms with Crippen molar-refractivity contribution in [2.45, 2.75) is 104 Å². The number of rotatable bonds is 10. The molecule has 0 saturated heterocycles. The number of hydrogen-bond donors (Lipinski definition) is 3. The summed E-state index contributed by atoms with van der Waals surface area (Å²) in [6.45, 7) is 17.7. The van der Waals surface area contributed by atoms with Crippen LogP contribution in [0.3, 0.4) is 0 Å². The summed E-state index contributed by atoms with van der Waals surface area (Å²) in [6, 6.07) is 7.12. The molecule has 9 nitrogen and oxygen atoms in total. The first-order valence-corrected chi connectivity index (χ1v) is 13.5. The highest BCUT2D eigenvalue weighted by Gasteiger charge is 2.45. The van der Waals surface area contributed by atoms with Crippen LogP contribution in [-0.2, 0) is 20.4 Å². The summed E-state index contributed by atoms with van der Waals surface area (Å²) in [5, 5.41) is 18.7. The number of hydrogen-bond acceptors (Lipinski definition) is 5. The number of carbonyl (C=O) groups excluding carboxylic acids is 2. The van der Waals surface area contributed by atoms with Crippen molar-refractivity contribution in [3.05, 3.63) is 40.8 Å². The van der Waals surface area contributed by atoms with E-state index >= 15 is 0 Å². The number of amides is 2. The lowest BCUT2D eigenvalue weighted by Crippen LogP contribution is -2.59. The van der Waals surface area contributed by atoms with Gasteiger partial charge in [-0.25, -0.2) is 4.52 Å². The Balaban J connectivity index is 1.91. The van der Waals surface area contributed by atoms with E-state index in [1.165, 1.54) is 6.92 Å². The van der Waals surface area contributed by atoms with Crippen LogP contribution in [0.15, 0.2) is 24.3 Å². The molecule has 0 fully saturated rings. The number of benzene rings is 1. The average Bonchev–Trinajstić information content (AvgIpc) is 3.37. The summed E-state index contributed by atoms with van der Waals surface area (Å²) in [5.41, 5.74) is 0.333. The Morgan fingerprint density at radius 3 is 2.37 bits per heavy atom. The molecular formula is C28H41ClN6O3. The molecule has 2 aromatic heterocycles. The van der Waals surface area contributed by atoms with Crippen molar-refractivity contribution in [2.75, 3.05) is 5.32 Å². The molecule has 208 valence electrons. The minimum Gasteiger partial charge on any atom is -0.478 e. The summed E-state index contributed by atoms with van der Waals surface area (Å²) in [7, 11) is 0.